The molecule has 0 atom stereocenters. The lowest BCUT2D eigenvalue weighted by Crippen LogP contribution is -2.35. The fourth-order valence-electron chi connectivity index (χ4n) is 3.12. The van der Waals surface area contributed by atoms with Crippen molar-refractivity contribution in [1.82, 2.24) is 9.88 Å². The van der Waals surface area contributed by atoms with Crippen LogP contribution in [0.25, 0.3) is 0 Å². The molecule has 2 aromatic rings. The van der Waals surface area contributed by atoms with Crippen LogP contribution in [0.15, 0.2) is 48.7 Å². The van der Waals surface area contributed by atoms with Gasteiger partial charge in [-0.25, -0.2) is 4.98 Å². The number of carbonyl (C=O) groups is 1. The highest BCUT2D eigenvalue weighted by atomic mass is 16.6. The highest BCUT2D eigenvalue weighted by Crippen LogP contribution is 2.18. The third-order valence-electron chi connectivity index (χ3n) is 4.59. The average Bonchev–Trinajstić information content (AvgIpc) is 2.93. The maximum absolute atomic E-state index is 12.5. The molecule has 136 valence electrons. The normalized spacial score (nSPS) is 14.8. The van der Waals surface area contributed by atoms with Crippen LogP contribution in [-0.4, -0.2) is 46.9 Å². The summed E-state index contributed by atoms with van der Waals surface area (Å²) in [5.41, 5.74) is 1.16. The number of amides is 1. The van der Waals surface area contributed by atoms with Gasteiger partial charge in [0.25, 0.3) is 5.69 Å². The lowest BCUT2D eigenvalue weighted by atomic mass is 10.1. The van der Waals surface area contributed by atoms with Crippen LogP contribution in [-0.2, 0) is 11.2 Å². The number of nitro groups is 1. The SMILES string of the molecule is O=C(CCc1ccccc1)N1CCCN(c2ccc([N+](=O)[O-])cn2)CC1. The molecule has 1 aliphatic heterocycles. The predicted molar refractivity (Wildman–Crippen MR) is 99.1 cm³/mol. The van der Waals surface area contributed by atoms with Crippen molar-refractivity contribution in [2.75, 3.05) is 31.1 Å². The summed E-state index contributed by atoms with van der Waals surface area (Å²) in [6.07, 6.45) is 3.41. The summed E-state index contributed by atoms with van der Waals surface area (Å²) in [4.78, 5) is 31.0. The number of pyridine rings is 1. The van der Waals surface area contributed by atoms with E-state index in [0.29, 0.717) is 25.3 Å². The summed E-state index contributed by atoms with van der Waals surface area (Å²) in [5.74, 6) is 0.890. The predicted octanol–water partition coefficient (Wildman–Crippen LogP) is 2.66. The zero-order valence-corrected chi connectivity index (χ0v) is 14.6. The van der Waals surface area contributed by atoms with Gasteiger partial charge in [0.2, 0.25) is 5.91 Å². The monoisotopic (exact) mass is 354 g/mol. The van der Waals surface area contributed by atoms with Gasteiger partial charge in [0.1, 0.15) is 12.0 Å². The van der Waals surface area contributed by atoms with Gasteiger partial charge >= 0.3 is 0 Å². The molecule has 0 aliphatic carbocycles. The quantitative estimate of drug-likeness (QED) is 0.609. The molecule has 26 heavy (non-hydrogen) atoms. The number of benzene rings is 1. The van der Waals surface area contributed by atoms with Gasteiger partial charge in [0.05, 0.1) is 4.92 Å². The van der Waals surface area contributed by atoms with Gasteiger partial charge < -0.3 is 9.80 Å². The van der Waals surface area contributed by atoms with E-state index in [1.54, 1.807) is 6.07 Å². The molecule has 0 unspecified atom stereocenters. The second-order valence-corrected chi connectivity index (χ2v) is 6.34. The van der Waals surface area contributed by atoms with E-state index < -0.39 is 4.92 Å². The molecule has 0 spiro atoms. The Kier molecular flexibility index (Phi) is 5.78. The Morgan fingerprint density at radius 2 is 1.88 bits per heavy atom. The number of nitrogens with zero attached hydrogens (tertiary/aromatic N) is 4. The van der Waals surface area contributed by atoms with Gasteiger partial charge in [-0.1, -0.05) is 30.3 Å². The summed E-state index contributed by atoms with van der Waals surface area (Å²) >= 11 is 0. The van der Waals surface area contributed by atoms with Crippen LogP contribution in [0.2, 0.25) is 0 Å². The van der Waals surface area contributed by atoms with Crippen molar-refractivity contribution < 1.29 is 9.72 Å². The van der Waals surface area contributed by atoms with Crippen molar-refractivity contribution in [1.29, 1.82) is 0 Å². The number of rotatable bonds is 5. The molecular formula is C19H22N4O3. The standard InChI is InChI=1S/C19H22N4O3/c24-19(10-7-16-5-2-1-3-6-16)22-12-4-11-21(13-14-22)18-9-8-17(15-20-18)23(25)26/h1-3,5-6,8-9,15H,4,7,10-14H2. The van der Waals surface area contributed by atoms with Crippen LogP contribution < -0.4 is 4.90 Å². The van der Waals surface area contributed by atoms with Crippen molar-refractivity contribution in [3.8, 4) is 0 Å². The van der Waals surface area contributed by atoms with Crippen molar-refractivity contribution in [3.63, 3.8) is 0 Å². The van der Waals surface area contributed by atoms with Crippen molar-refractivity contribution >= 4 is 17.4 Å². The van der Waals surface area contributed by atoms with Gasteiger partial charge in [-0.2, -0.15) is 0 Å². The molecular weight excluding hydrogens is 332 g/mol. The first-order valence-electron chi connectivity index (χ1n) is 8.80. The van der Waals surface area contributed by atoms with Gasteiger partial charge in [-0.15, -0.1) is 0 Å². The number of aryl methyl sites for hydroxylation is 1. The fraction of sp³-hybridized carbons (Fsp3) is 0.368. The molecule has 7 heteroatoms. The van der Waals surface area contributed by atoms with Gasteiger partial charge in [0.15, 0.2) is 0 Å². The molecule has 1 amide bonds. The number of hydrogen-bond acceptors (Lipinski definition) is 5. The second kappa shape index (κ2) is 8.42. The van der Waals surface area contributed by atoms with Gasteiger partial charge in [-0.05, 0) is 24.5 Å². The Morgan fingerprint density at radius 3 is 2.58 bits per heavy atom. The van der Waals surface area contributed by atoms with Crippen molar-refractivity contribution in [3.05, 3.63) is 64.3 Å². The Bertz CT molecular complexity index is 749. The van der Waals surface area contributed by atoms with E-state index in [2.05, 4.69) is 9.88 Å². The Labute approximate surface area is 152 Å². The van der Waals surface area contributed by atoms with E-state index in [-0.39, 0.29) is 11.6 Å². The van der Waals surface area contributed by atoms with Gasteiger partial charge in [0, 0.05) is 38.7 Å². The first kappa shape index (κ1) is 17.8. The second-order valence-electron chi connectivity index (χ2n) is 6.34. The molecule has 0 radical (unpaired) electrons. The van der Waals surface area contributed by atoms with E-state index >= 15 is 0 Å². The molecule has 0 saturated carbocycles. The molecule has 1 aromatic heterocycles. The number of carbonyl (C=O) groups excluding carboxylic acids is 1. The molecule has 2 heterocycles. The van der Waals surface area contributed by atoms with E-state index in [0.717, 1.165) is 25.9 Å². The lowest BCUT2D eigenvalue weighted by molar-refractivity contribution is -0.385. The third-order valence-corrected chi connectivity index (χ3v) is 4.59. The zero-order valence-electron chi connectivity index (χ0n) is 14.6. The summed E-state index contributed by atoms with van der Waals surface area (Å²) in [6, 6.07) is 13.2. The summed E-state index contributed by atoms with van der Waals surface area (Å²) in [7, 11) is 0. The van der Waals surface area contributed by atoms with Crippen LogP contribution >= 0.6 is 0 Å². The van der Waals surface area contributed by atoms with Crippen LogP contribution in [0.4, 0.5) is 11.5 Å². The van der Waals surface area contributed by atoms with Crippen molar-refractivity contribution in [2.45, 2.75) is 19.3 Å². The average molecular weight is 354 g/mol. The summed E-state index contributed by atoms with van der Waals surface area (Å²) < 4.78 is 0. The van der Waals surface area contributed by atoms with E-state index in [4.69, 9.17) is 0 Å². The van der Waals surface area contributed by atoms with Crippen LogP contribution in [0.5, 0.6) is 0 Å². The molecule has 7 nitrogen and oxygen atoms in total. The van der Waals surface area contributed by atoms with Crippen LogP contribution in [0, 0.1) is 10.1 Å². The van der Waals surface area contributed by atoms with Crippen LogP contribution in [0.3, 0.4) is 0 Å². The fourth-order valence-corrected chi connectivity index (χ4v) is 3.12. The Balaban J connectivity index is 1.54. The molecule has 0 N–H and O–H groups in total. The zero-order chi connectivity index (χ0) is 18.4. The van der Waals surface area contributed by atoms with Gasteiger partial charge in [-0.3, -0.25) is 14.9 Å². The molecule has 0 bridgehead atoms. The van der Waals surface area contributed by atoms with E-state index in [1.807, 2.05) is 35.2 Å². The summed E-state index contributed by atoms with van der Waals surface area (Å²) in [5, 5.41) is 10.7. The minimum atomic E-state index is -0.452. The molecule has 1 fully saturated rings. The smallest absolute Gasteiger partial charge is 0.287 e. The number of aromatic nitrogens is 1. The van der Waals surface area contributed by atoms with Crippen LogP contribution in [0.1, 0.15) is 18.4 Å². The third kappa shape index (κ3) is 4.56. The minimum absolute atomic E-state index is 0.0127. The highest BCUT2D eigenvalue weighted by Gasteiger charge is 2.20. The number of hydrogen-bond donors (Lipinski definition) is 0. The first-order chi connectivity index (χ1) is 12.6. The maximum Gasteiger partial charge on any atom is 0.287 e. The number of anilines is 1. The molecule has 1 aliphatic rings. The Hall–Kier alpha value is -2.96. The molecule has 1 aromatic carbocycles. The van der Waals surface area contributed by atoms with E-state index in [1.165, 1.54) is 17.8 Å². The highest BCUT2D eigenvalue weighted by molar-refractivity contribution is 5.76. The minimum Gasteiger partial charge on any atom is -0.355 e. The largest absolute Gasteiger partial charge is 0.355 e. The van der Waals surface area contributed by atoms with E-state index in [9.17, 15) is 14.9 Å². The maximum atomic E-state index is 12.5. The molecule has 1 saturated heterocycles. The Morgan fingerprint density at radius 1 is 1.08 bits per heavy atom. The lowest BCUT2D eigenvalue weighted by Gasteiger charge is -2.22. The van der Waals surface area contributed by atoms with Crippen molar-refractivity contribution in [2.24, 2.45) is 0 Å². The summed E-state index contributed by atoms with van der Waals surface area (Å²) in [6.45, 7) is 2.85. The first-order valence-corrected chi connectivity index (χ1v) is 8.80. The topological polar surface area (TPSA) is 79.6 Å². The molecule has 3 rings (SSSR count).